The molecule has 1 unspecified atom stereocenters. The van der Waals surface area contributed by atoms with Crippen LogP contribution in [0.5, 0.6) is 0 Å². The standard InChI is InChI=1S/C21H21BClFN4O4/c22-12-3-4-16(15(23)8-12)26-19-14(21(30)27-32-7-5-29)9-17-20(18(19)24)25-11-28(17)10-13-2-1-6-31-13/h3-4,8-9,11,13,26,29H,1-2,5-7,10H2,(H,27,30). The predicted molar refractivity (Wildman–Crippen MR) is 119 cm³/mol. The Labute approximate surface area is 190 Å². The van der Waals surface area contributed by atoms with Crippen molar-refractivity contribution in [3.05, 3.63) is 47.0 Å². The minimum Gasteiger partial charge on any atom is -0.394 e. The molecule has 1 atom stereocenters. The minimum absolute atomic E-state index is 0.00649. The van der Waals surface area contributed by atoms with Crippen LogP contribution in [0.15, 0.2) is 30.6 Å². The molecule has 8 nitrogen and oxygen atoms in total. The van der Waals surface area contributed by atoms with E-state index >= 15 is 4.39 Å². The van der Waals surface area contributed by atoms with Crippen molar-refractivity contribution in [1.82, 2.24) is 15.0 Å². The van der Waals surface area contributed by atoms with Crippen molar-refractivity contribution in [2.75, 3.05) is 25.1 Å². The van der Waals surface area contributed by atoms with E-state index in [4.69, 9.17) is 34.1 Å². The number of carbonyl (C=O) groups excluding carboxylic acids is 1. The van der Waals surface area contributed by atoms with Crippen molar-refractivity contribution < 1.29 is 23.9 Å². The maximum atomic E-state index is 15.6. The number of imidazole rings is 1. The fourth-order valence-corrected chi connectivity index (χ4v) is 3.83. The van der Waals surface area contributed by atoms with Crippen LogP contribution in [0.2, 0.25) is 5.02 Å². The zero-order valence-corrected chi connectivity index (χ0v) is 17.9. The summed E-state index contributed by atoms with van der Waals surface area (Å²) in [6.45, 7) is 0.792. The van der Waals surface area contributed by atoms with Crippen molar-refractivity contribution in [2.45, 2.75) is 25.5 Å². The molecule has 3 N–H and O–H groups in total. The van der Waals surface area contributed by atoms with Crippen LogP contribution >= 0.6 is 11.6 Å². The van der Waals surface area contributed by atoms with Crippen molar-refractivity contribution >= 4 is 53.2 Å². The number of aliphatic hydroxyl groups is 1. The van der Waals surface area contributed by atoms with Gasteiger partial charge in [-0.3, -0.25) is 9.63 Å². The summed E-state index contributed by atoms with van der Waals surface area (Å²) >= 11 is 6.23. The maximum absolute atomic E-state index is 15.6. The van der Waals surface area contributed by atoms with Crippen LogP contribution in [-0.2, 0) is 16.1 Å². The molecule has 2 heterocycles. The third-order valence-electron chi connectivity index (χ3n) is 5.14. The van der Waals surface area contributed by atoms with E-state index in [2.05, 4.69) is 15.8 Å². The number of ether oxygens (including phenoxy) is 1. The highest BCUT2D eigenvalue weighted by Gasteiger charge is 2.24. The lowest BCUT2D eigenvalue weighted by molar-refractivity contribution is 0.0169. The average molecular weight is 459 g/mol. The second kappa shape index (κ2) is 9.87. The molecule has 1 saturated heterocycles. The number of benzene rings is 2. The smallest absolute Gasteiger partial charge is 0.277 e. The number of hydroxylamine groups is 1. The van der Waals surface area contributed by atoms with Gasteiger partial charge in [0.05, 0.1) is 59.7 Å². The second-order valence-electron chi connectivity index (χ2n) is 7.38. The number of carbonyl (C=O) groups is 1. The number of anilines is 2. The maximum Gasteiger partial charge on any atom is 0.277 e. The molecule has 0 saturated carbocycles. The molecular formula is C21H21BClFN4O4. The van der Waals surface area contributed by atoms with E-state index in [1.165, 1.54) is 18.5 Å². The van der Waals surface area contributed by atoms with Crippen LogP contribution < -0.4 is 16.3 Å². The van der Waals surface area contributed by atoms with E-state index in [1.807, 2.05) is 0 Å². The number of amides is 1. The van der Waals surface area contributed by atoms with Crippen LogP contribution in [-0.4, -0.2) is 54.3 Å². The van der Waals surface area contributed by atoms with Gasteiger partial charge in [0.25, 0.3) is 5.91 Å². The summed E-state index contributed by atoms with van der Waals surface area (Å²) in [6, 6.07) is 6.23. The lowest BCUT2D eigenvalue weighted by Crippen LogP contribution is -2.26. The number of halogens is 2. The number of nitrogens with one attached hydrogen (secondary N) is 2. The van der Waals surface area contributed by atoms with Gasteiger partial charge in [-0.25, -0.2) is 14.9 Å². The van der Waals surface area contributed by atoms with Gasteiger partial charge in [-0.1, -0.05) is 23.1 Å². The Bertz CT molecular complexity index is 1140. The first-order valence-electron chi connectivity index (χ1n) is 10.1. The highest BCUT2D eigenvalue weighted by molar-refractivity contribution is 6.37. The Hall–Kier alpha value is -2.66. The summed E-state index contributed by atoms with van der Waals surface area (Å²) < 4.78 is 23.0. The van der Waals surface area contributed by atoms with Gasteiger partial charge in [0.2, 0.25) is 0 Å². The Morgan fingerprint density at radius 3 is 3.00 bits per heavy atom. The molecule has 1 fully saturated rings. The molecule has 166 valence electrons. The molecule has 11 heteroatoms. The van der Waals surface area contributed by atoms with Crippen molar-refractivity contribution in [3.63, 3.8) is 0 Å². The van der Waals surface area contributed by atoms with E-state index in [0.29, 0.717) is 29.8 Å². The summed E-state index contributed by atoms with van der Waals surface area (Å²) in [4.78, 5) is 22.0. The summed E-state index contributed by atoms with van der Waals surface area (Å²) in [6.07, 6.45) is 3.41. The molecule has 1 aliphatic heterocycles. The van der Waals surface area contributed by atoms with Crippen molar-refractivity contribution in [2.24, 2.45) is 0 Å². The summed E-state index contributed by atoms with van der Waals surface area (Å²) in [5.41, 5.74) is 3.43. The fourth-order valence-electron chi connectivity index (χ4n) is 3.60. The van der Waals surface area contributed by atoms with Gasteiger partial charge in [0, 0.05) is 6.61 Å². The third kappa shape index (κ3) is 4.73. The van der Waals surface area contributed by atoms with Gasteiger partial charge in [-0.2, -0.15) is 0 Å². The van der Waals surface area contributed by atoms with E-state index in [-0.39, 0.29) is 41.1 Å². The number of aliphatic hydroxyl groups excluding tert-OH is 1. The average Bonchev–Trinajstić information content (AvgIpc) is 3.42. The molecule has 3 aromatic rings. The van der Waals surface area contributed by atoms with Crippen molar-refractivity contribution in [3.8, 4) is 0 Å². The van der Waals surface area contributed by atoms with Gasteiger partial charge in [0.1, 0.15) is 13.4 Å². The quantitative estimate of drug-likeness (QED) is 0.272. The topological polar surface area (TPSA) is 97.6 Å². The third-order valence-corrected chi connectivity index (χ3v) is 5.45. The van der Waals surface area contributed by atoms with Gasteiger partial charge in [-0.05, 0) is 31.0 Å². The van der Waals surface area contributed by atoms with Gasteiger partial charge >= 0.3 is 0 Å². The summed E-state index contributed by atoms with van der Waals surface area (Å²) in [7, 11) is 5.73. The molecule has 0 aliphatic carbocycles. The first-order chi connectivity index (χ1) is 15.5. The first kappa shape index (κ1) is 22.5. The van der Waals surface area contributed by atoms with Gasteiger partial charge in [-0.15, -0.1) is 0 Å². The Morgan fingerprint density at radius 2 is 2.28 bits per heavy atom. The first-order valence-corrected chi connectivity index (χ1v) is 10.5. The molecule has 2 aromatic carbocycles. The monoisotopic (exact) mass is 458 g/mol. The molecule has 0 bridgehead atoms. The van der Waals surface area contributed by atoms with E-state index in [9.17, 15) is 4.79 Å². The molecule has 0 spiro atoms. The number of hydrogen-bond donors (Lipinski definition) is 3. The Balaban J connectivity index is 1.76. The van der Waals surface area contributed by atoms with Crippen LogP contribution in [0.1, 0.15) is 23.2 Å². The molecule has 1 aromatic heterocycles. The molecule has 4 rings (SSSR count). The number of rotatable bonds is 8. The number of nitrogens with zero attached hydrogens (tertiary/aromatic N) is 2. The fraction of sp³-hybridized carbons (Fsp3) is 0.333. The highest BCUT2D eigenvalue weighted by Crippen LogP contribution is 2.33. The summed E-state index contributed by atoms with van der Waals surface area (Å²) in [5.74, 6) is -1.41. The highest BCUT2D eigenvalue weighted by atomic mass is 35.5. The van der Waals surface area contributed by atoms with Gasteiger partial charge < -0.3 is 19.7 Å². The van der Waals surface area contributed by atoms with Gasteiger partial charge in [0.15, 0.2) is 5.82 Å². The molecule has 32 heavy (non-hydrogen) atoms. The number of aromatic nitrogens is 2. The molecule has 2 radical (unpaired) electrons. The second-order valence-corrected chi connectivity index (χ2v) is 7.79. The Kier molecular flexibility index (Phi) is 6.95. The van der Waals surface area contributed by atoms with Crippen LogP contribution in [0, 0.1) is 5.82 Å². The van der Waals surface area contributed by atoms with Crippen LogP contribution in [0.4, 0.5) is 15.8 Å². The zero-order valence-electron chi connectivity index (χ0n) is 17.1. The minimum atomic E-state index is -0.714. The SMILES string of the molecule is [B]c1ccc(Nc2c(C(=O)NOCCO)cc3c(ncn3CC3CCCO3)c2F)c(Cl)c1. The summed E-state index contributed by atoms with van der Waals surface area (Å²) in [5, 5.41) is 12.0. The zero-order chi connectivity index (χ0) is 22.7. The van der Waals surface area contributed by atoms with E-state index in [0.717, 1.165) is 12.8 Å². The van der Waals surface area contributed by atoms with E-state index in [1.54, 1.807) is 16.7 Å². The molecular weight excluding hydrogens is 438 g/mol. The largest absolute Gasteiger partial charge is 0.394 e. The molecule has 1 amide bonds. The predicted octanol–water partition coefficient (Wildman–Crippen LogP) is 2.20. The molecule has 1 aliphatic rings. The Morgan fingerprint density at radius 1 is 1.44 bits per heavy atom. The van der Waals surface area contributed by atoms with Crippen LogP contribution in [0.3, 0.4) is 0 Å². The lowest BCUT2D eigenvalue weighted by Gasteiger charge is -2.16. The van der Waals surface area contributed by atoms with Crippen LogP contribution in [0.25, 0.3) is 11.0 Å². The van der Waals surface area contributed by atoms with E-state index < -0.39 is 11.7 Å². The number of fused-ring (bicyclic) bond motifs is 1. The lowest BCUT2D eigenvalue weighted by atomic mass is 9.96. The number of hydrogen-bond acceptors (Lipinski definition) is 6. The van der Waals surface area contributed by atoms with Crippen molar-refractivity contribution in [1.29, 1.82) is 0 Å². The normalized spacial score (nSPS) is 15.9.